The van der Waals surface area contributed by atoms with Gasteiger partial charge in [0.25, 0.3) is 0 Å². The van der Waals surface area contributed by atoms with Crippen LogP contribution in [0.4, 0.5) is 18.9 Å². The molecule has 1 heterocycles. The molecule has 35 heavy (non-hydrogen) atoms. The molecule has 0 aromatic heterocycles. The van der Waals surface area contributed by atoms with E-state index in [2.05, 4.69) is 22.8 Å². The largest absolute Gasteiger partial charge is 0.516 e. The zero-order chi connectivity index (χ0) is 24.2. The molecule has 198 valence electrons. The second-order valence-electron chi connectivity index (χ2n) is 8.35. The maximum Gasteiger partial charge on any atom is 0.516 e. The first-order valence-electron chi connectivity index (χ1n) is 10.9. The third kappa shape index (κ3) is 7.63. The van der Waals surface area contributed by atoms with Gasteiger partial charge in [0.2, 0.25) is 0 Å². The van der Waals surface area contributed by atoms with Crippen LogP contribution in [-0.2, 0) is 16.6 Å². The molecule has 1 aliphatic heterocycles. The van der Waals surface area contributed by atoms with Crippen molar-refractivity contribution in [1.29, 1.82) is 0 Å². The minimum Gasteiger partial charge on any atom is -0.491 e. The van der Waals surface area contributed by atoms with Crippen LogP contribution in [0.15, 0.2) is 48.5 Å². The lowest BCUT2D eigenvalue weighted by atomic mass is 9.92. The number of ether oxygens (including phenoxy) is 1. The van der Waals surface area contributed by atoms with E-state index in [9.17, 15) is 21.6 Å². The minimum absolute atomic E-state index is 0. The summed E-state index contributed by atoms with van der Waals surface area (Å²) in [5.41, 5.74) is -3.73. The Hall–Kier alpha value is -1.72. The summed E-state index contributed by atoms with van der Waals surface area (Å²) in [4.78, 5) is 0. The Balaban J connectivity index is 0.00000306. The van der Waals surface area contributed by atoms with Gasteiger partial charge in [0, 0.05) is 31.2 Å². The Morgan fingerprint density at radius 3 is 2.40 bits per heavy atom. The van der Waals surface area contributed by atoms with Crippen molar-refractivity contribution in [3.63, 3.8) is 0 Å². The first-order valence-corrected chi connectivity index (χ1v) is 12.3. The Labute approximate surface area is 217 Å². The molecule has 3 rings (SSSR count). The summed E-state index contributed by atoms with van der Waals surface area (Å²) in [7, 11) is -4.60. The van der Waals surface area contributed by atoms with Crippen LogP contribution in [0.5, 0.6) is 5.75 Å². The summed E-state index contributed by atoms with van der Waals surface area (Å²) >= 11 is 0. The van der Waals surface area contributed by atoms with Crippen molar-refractivity contribution in [1.82, 2.24) is 10.6 Å². The van der Waals surface area contributed by atoms with Crippen LogP contribution < -0.4 is 19.7 Å². The van der Waals surface area contributed by atoms with Crippen molar-refractivity contribution in [3.05, 3.63) is 59.7 Å². The average molecular weight is 558 g/mol. The standard InChI is InChI=1S/C23H30F3N3O3S.2ClH/c1-16(2)32-21-12-11-19(29(3)33(30,31)23(24,25)26)14-18(21)15-28-20-10-7-13-27-22(20)17-8-5-4-6-9-17;;/h4-6,8-9,11-12,14,16,20,22,27-28H,7,10,13,15H2,1-3H3;2*1H/t20-,22-;;/m1../s1. The second-order valence-corrected chi connectivity index (χ2v) is 10.3. The van der Waals surface area contributed by atoms with E-state index in [1.54, 1.807) is 0 Å². The van der Waals surface area contributed by atoms with Crippen LogP contribution in [-0.4, -0.2) is 39.7 Å². The molecule has 2 aromatic rings. The molecule has 0 saturated carbocycles. The third-order valence-electron chi connectivity index (χ3n) is 5.60. The number of hydrogen-bond acceptors (Lipinski definition) is 5. The predicted octanol–water partition coefficient (Wildman–Crippen LogP) is 5.19. The van der Waals surface area contributed by atoms with Crippen molar-refractivity contribution < 1.29 is 26.3 Å². The van der Waals surface area contributed by atoms with E-state index in [1.807, 2.05) is 32.0 Å². The van der Waals surface area contributed by atoms with Gasteiger partial charge in [0.15, 0.2) is 0 Å². The van der Waals surface area contributed by atoms with Gasteiger partial charge in [0.1, 0.15) is 5.75 Å². The average Bonchev–Trinajstić information content (AvgIpc) is 2.77. The highest BCUT2D eigenvalue weighted by Crippen LogP contribution is 2.33. The van der Waals surface area contributed by atoms with E-state index in [1.165, 1.54) is 18.2 Å². The maximum atomic E-state index is 13.0. The highest BCUT2D eigenvalue weighted by atomic mass is 35.5. The Bertz CT molecular complexity index is 1040. The molecular formula is C23H32Cl2F3N3O3S. The summed E-state index contributed by atoms with van der Waals surface area (Å²) in [6.45, 7) is 4.91. The van der Waals surface area contributed by atoms with Gasteiger partial charge in [0.05, 0.1) is 11.8 Å². The number of nitrogens with one attached hydrogen (secondary N) is 2. The summed E-state index contributed by atoms with van der Waals surface area (Å²) in [6, 6.07) is 14.5. The van der Waals surface area contributed by atoms with Crippen LogP contribution in [0.2, 0.25) is 0 Å². The zero-order valence-corrected chi connectivity index (χ0v) is 22.2. The SMILES string of the molecule is CC(C)Oc1ccc(N(C)S(=O)(=O)C(F)(F)F)cc1CN[C@@H]1CCCN[C@@H]1c1ccccc1.Cl.Cl. The quantitative estimate of drug-likeness (QED) is 0.467. The summed E-state index contributed by atoms with van der Waals surface area (Å²) in [5, 5.41) is 7.03. The molecule has 2 atom stereocenters. The fourth-order valence-corrected chi connectivity index (χ4v) is 4.62. The number of rotatable bonds is 8. The van der Waals surface area contributed by atoms with Crippen LogP contribution >= 0.6 is 24.8 Å². The van der Waals surface area contributed by atoms with Gasteiger partial charge < -0.3 is 15.4 Å². The van der Waals surface area contributed by atoms with E-state index in [0.717, 1.165) is 32.0 Å². The van der Waals surface area contributed by atoms with Gasteiger partial charge >= 0.3 is 15.5 Å². The smallest absolute Gasteiger partial charge is 0.491 e. The molecule has 0 spiro atoms. The molecular weight excluding hydrogens is 526 g/mol. The number of nitrogens with zero attached hydrogens (tertiary/aromatic N) is 1. The summed E-state index contributed by atoms with van der Waals surface area (Å²) < 4.78 is 69.0. The molecule has 0 bridgehead atoms. The summed E-state index contributed by atoms with van der Waals surface area (Å²) in [5.74, 6) is 0.499. The van der Waals surface area contributed by atoms with E-state index < -0.39 is 15.5 Å². The van der Waals surface area contributed by atoms with Crippen molar-refractivity contribution >= 4 is 40.5 Å². The normalized spacial score (nSPS) is 18.4. The molecule has 6 nitrogen and oxygen atoms in total. The number of piperidine rings is 1. The van der Waals surface area contributed by atoms with Gasteiger partial charge in [-0.3, -0.25) is 4.31 Å². The lowest BCUT2D eigenvalue weighted by Gasteiger charge is -2.34. The van der Waals surface area contributed by atoms with Crippen LogP contribution in [0.25, 0.3) is 0 Å². The fourth-order valence-electron chi connectivity index (χ4n) is 3.92. The van der Waals surface area contributed by atoms with Gasteiger partial charge in [-0.2, -0.15) is 21.6 Å². The molecule has 1 saturated heterocycles. The van der Waals surface area contributed by atoms with E-state index >= 15 is 0 Å². The predicted molar refractivity (Wildman–Crippen MR) is 137 cm³/mol. The molecule has 2 aromatic carbocycles. The van der Waals surface area contributed by atoms with Crippen LogP contribution in [0.1, 0.15) is 43.9 Å². The molecule has 0 amide bonds. The Morgan fingerprint density at radius 2 is 1.80 bits per heavy atom. The number of benzene rings is 2. The van der Waals surface area contributed by atoms with Crippen molar-refractivity contribution in [2.24, 2.45) is 0 Å². The van der Waals surface area contributed by atoms with E-state index in [0.29, 0.717) is 17.9 Å². The lowest BCUT2D eigenvalue weighted by molar-refractivity contribution is -0.0437. The van der Waals surface area contributed by atoms with Crippen LogP contribution in [0.3, 0.4) is 0 Å². The number of alkyl halides is 3. The summed E-state index contributed by atoms with van der Waals surface area (Å²) in [6.07, 6.45) is 1.76. The number of sulfonamides is 1. The molecule has 0 radical (unpaired) electrons. The van der Waals surface area contributed by atoms with Gasteiger partial charge in [-0.05, 0) is 57.0 Å². The van der Waals surface area contributed by atoms with Gasteiger partial charge in [-0.25, -0.2) is 0 Å². The van der Waals surface area contributed by atoms with E-state index in [4.69, 9.17) is 4.74 Å². The maximum absolute atomic E-state index is 13.0. The Morgan fingerprint density at radius 1 is 1.14 bits per heavy atom. The topological polar surface area (TPSA) is 70.7 Å². The molecule has 1 aliphatic rings. The van der Waals surface area contributed by atoms with Crippen LogP contribution in [0, 0.1) is 0 Å². The highest BCUT2D eigenvalue weighted by Gasteiger charge is 2.49. The number of hydrogen-bond donors (Lipinski definition) is 2. The number of anilines is 1. The molecule has 1 fully saturated rings. The molecule has 2 N–H and O–H groups in total. The number of halogens is 5. The first kappa shape index (κ1) is 31.3. The fraction of sp³-hybridized carbons (Fsp3) is 0.478. The molecule has 0 aliphatic carbocycles. The third-order valence-corrected chi connectivity index (χ3v) is 7.11. The minimum atomic E-state index is -5.50. The van der Waals surface area contributed by atoms with Crippen molar-refractivity contribution in [2.45, 2.75) is 56.9 Å². The van der Waals surface area contributed by atoms with E-state index in [-0.39, 0.29) is 53.0 Å². The van der Waals surface area contributed by atoms with Gasteiger partial charge in [-0.15, -0.1) is 24.8 Å². The Kier molecular flexibility index (Phi) is 11.6. The van der Waals surface area contributed by atoms with Crippen molar-refractivity contribution in [2.75, 3.05) is 17.9 Å². The van der Waals surface area contributed by atoms with Gasteiger partial charge in [-0.1, -0.05) is 30.3 Å². The molecule has 12 heteroatoms. The monoisotopic (exact) mass is 557 g/mol. The van der Waals surface area contributed by atoms with Crippen molar-refractivity contribution in [3.8, 4) is 5.75 Å². The zero-order valence-electron chi connectivity index (χ0n) is 19.7. The lowest BCUT2D eigenvalue weighted by Crippen LogP contribution is -2.45. The second kappa shape index (κ2) is 13.0. The highest BCUT2D eigenvalue weighted by molar-refractivity contribution is 7.93. The first-order chi connectivity index (χ1) is 15.5. The molecule has 0 unspecified atom stereocenters.